The summed E-state index contributed by atoms with van der Waals surface area (Å²) in [4.78, 5) is 16.5. The molecule has 1 aliphatic carbocycles. The summed E-state index contributed by atoms with van der Waals surface area (Å²) >= 11 is 0. The number of nitrogens with zero attached hydrogens (tertiary/aromatic N) is 3. The zero-order valence-electron chi connectivity index (χ0n) is 16.1. The van der Waals surface area contributed by atoms with Crippen LogP contribution in [-0.2, 0) is 9.47 Å². The molecule has 2 atom stereocenters. The van der Waals surface area contributed by atoms with Gasteiger partial charge in [-0.15, -0.1) is 5.10 Å². The van der Waals surface area contributed by atoms with Gasteiger partial charge in [-0.3, -0.25) is 0 Å². The SMILES string of the molecule is C/C(=C\C(=Nc1cccnn1)NN)[C@H]1CC[C@@H](OC(=O)NC2CCOCC2)C1. The normalized spacial score (nSPS) is 24.1. The summed E-state index contributed by atoms with van der Waals surface area (Å²) in [6.07, 6.45) is 7.38. The Morgan fingerprint density at radius 2 is 2.18 bits per heavy atom. The number of hydrogen-bond donors (Lipinski definition) is 3. The summed E-state index contributed by atoms with van der Waals surface area (Å²) in [6, 6.07) is 3.67. The molecule has 0 bridgehead atoms. The summed E-state index contributed by atoms with van der Waals surface area (Å²) in [6.45, 7) is 3.42. The van der Waals surface area contributed by atoms with Gasteiger partial charge in [0.15, 0.2) is 5.82 Å². The van der Waals surface area contributed by atoms with E-state index in [1.165, 1.54) is 0 Å². The molecular formula is C19H28N6O3. The van der Waals surface area contributed by atoms with Crippen molar-refractivity contribution in [3.05, 3.63) is 30.0 Å². The Kier molecular flexibility index (Phi) is 7.32. The van der Waals surface area contributed by atoms with Crippen molar-refractivity contribution in [1.29, 1.82) is 0 Å². The maximum Gasteiger partial charge on any atom is 0.407 e. The number of ether oxygens (including phenoxy) is 2. The van der Waals surface area contributed by atoms with Gasteiger partial charge in [0.05, 0.1) is 0 Å². The summed E-state index contributed by atoms with van der Waals surface area (Å²) in [5.41, 5.74) is 3.73. The molecule has 1 saturated heterocycles. The monoisotopic (exact) mass is 388 g/mol. The van der Waals surface area contributed by atoms with Crippen molar-refractivity contribution in [3.8, 4) is 0 Å². The molecule has 2 heterocycles. The predicted molar refractivity (Wildman–Crippen MR) is 105 cm³/mol. The van der Waals surface area contributed by atoms with E-state index in [1.54, 1.807) is 18.3 Å². The molecule has 9 nitrogen and oxygen atoms in total. The average molecular weight is 388 g/mol. The zero-order chi connectivity index (χ0) is 19.8. The van der Waals surface area contributed by atoms with E-state index in [1.807, 2.05) is 13.0 Å². The van der Waals surface area contributed by atoms with Crippen molar-refractivity contribution in [2.45, 2.75) is 51.2 Å². The van der Waals surface area contributed by atoms with Crippen LogP contribution in [0.25, 0.3) is 0 Å². The van der Waals surface area contributed by atoms with Crippen LogP contribution in [0.4, 0.5) is 10.6 Å². The molecule has 0 aromatic carbocycles. The van der Waals surface area contributed by atoms with Crippen LogP contribution in [0.1, 0.15) is 39.0 Å². The molecule has 28 heavy (non-hydrogen) atoms. The molecule has 0 spiro atoms. The van der Waals surface area contributed by atoms with E-state index < -0.39 is 0 Å². The summed E-state index contributed by atoms with van der Waals surface area (Å²) in [5, 5.41) is 10.7. The van der Waals surface area contributed by atoms with Crippen LogP contribution < -0.4 is 16.6 Å². The Labute approximate surface area is 164 Å². The fraction of sp³-hybridized carbons (Fsp3) is 0.579. The number of allylic oxidation sites excluding steroid dienone is 1. The number of carbonyl (C=O) groups excluding carboxylic acids is 1. The molecule has 9 heteroatoms. The number of hydrogen-bond acceptors (Lipinski definition) is 7. The smallest absolute Gasteiger partial charge is 0.407 e. The number of carbonyl (C=O) groups is 1. The first-order valence-corrected chi connectivity index (χ1v) is 9.70. The van der Waals surface area contributed by atoms with Crippen LogP contribution >= 0.6 is 0 Å². The van der Waals surface area contributed by atoms with Gasteiger partial charge in [-0.25, -0.2) is 15.6 Å². The number of rotatable bonds is 5. The summed E-state index contributed by atoms with van der Waals surface area (Å²) < 4.78 is 10.9. The lowest BCUT2D eigenvalue weighted by molar-refractivity contribution is 0.0646. The maximum absolute atomic E-state index is 12.1. The minimum atomic E-state index is -0.326. The lowest BCUT2D eigenvalue weighted by atomic mass is 9.98. The van der Waals surface area contributed by atoms with E-state index in [0.717, 1.165) is 37.7 Å². The Hall–Kier alpha value is -2.52. The van der Waals surface area contributed by atoms with Crippen molar-refractivity contribution in [3.63, 3.8) is 0 Å². The molecule has 4 N–H and O–H groups in total. The van der Waals surface area contributed by atoms with Crippen LogP contribution in [0.15, 0.2) is 35.0 Å². The number of aromatic nitrogens is 2. The molecule has 1 saturated carbocycles. The molecule has 152 valence electrons. The number of alkyl carbamates (subject to hydrolysis) is 1. The van der Waals surface area contributed by atoms with Gasteiger partial charge in [0.25, 0.3) is 0 Å². The molecule has 0 radical (unpaired) electrons. The van der Waals surface area contributed by atoms with Crippen LogP contribution in [0.2, 0.25) is 0 Å². The van der Waals surface area contributed by atoms with Crippen molar-refractivity contribution in [1.82, 2.24) is 20.9 Å². The maximum atomic E-state index is 12.1. The minimum Gasteiger partial charge on any atom is -0.446 e. The minimum absolute atomic E-state index is 0.0700. The van der Waals surface area contributed by atoms with E-state index in [9.17, 15) is 4.79 Å². The molecule has 1 amide bonds. The fourth-order valence-corrected chi connectivity index (χ4v) is 3.57. The third kappa shape index (κ3) is 6.00. The molecule has 2 fully saturated rings. The van der Waals surface area contributed by atoms with Crippen LogP contribution in [-0.4, -0.2) is 47.5 Å². The Morgan fingerprint density at radius 3 is 2.89 bits per heavy atom. The van der Waals surface area contributed by atoms with Crippen molar-refractivity contribution < 1.29 is 14.3 Å². The van der Waals surface area contributed by atoms with Gasteiger partial charge in [0, 0.05) is 25.5 Å². The number of aliphatic imine (C=N–C) groups is 1. The standard InChI is InChI=1S/C19H28N6O3/c1-13(11-18(24-20)23-17-3-2-8-21-25-17)14-4-5-16(12-14)28-19(26)22-15-6-9-27-10-7-15/h2-3,8,11,14-16H,4-7,9-10,12,20H2,1H3,(H,22,26)(H,23,24,25)/b13-11+/t14-,16+/m0/s1. The third-order valence-electron chi connectivity index (χ3n) is 5.15. The van der Waals surface area contributed by atoms with Crippen molar-refractivity contribution >= 4 is 17.7 Å². The van der Waals surface area contributed by atoms with Gasteiger partial charge >= 0.3 is 6.09 Å². The van der Waals surface area contributed by atoms with Gasteiger partial charge in [0.2, 0.25) is 0 Å². The van der Waals surface area contributed by atoms with E-state index >= 15 is 0 Å². The van der Waals surface area contributed by atoms with Crippen LogP contribution in [0.3, 0.4) is 0 Å². The first kappa shape index (κ1) is 20.2. The number of amides is 1. The van der Waals surface area contributed by atoms with Gasteiger partial charge in [-0.2, -0.15) is 5.10 Å². The van der Waals surface area contributed by atoms with Gasteiger partial charge in [0.1, 0.15) is 11.9 Å². The molecule has 1 aromatic rings. The highest BCUT2D eigenvalue weighted by Gasteiger charge is 2.29. The first-order valence-electron chi connectivity index (χ1n) is 9.70. The topological polar surface area (TPSA) is 124 Å². The van der Waals surface area contributed by atoms with E-state index in [-0.39, 0.29) is 18.2 Å². The molecule has 2 aliphatic rings. The Morgan fingerprint density at radius 1 is 1.36 bits per heavy atom. The van der Waals surface area contributed by atoms with Crippen molar-refractivity contribution in [2.75, 3.05) is 13.2 Å². The number of amidine groups is 1. The Bertz CT molecular complexity index is 703. The number of nitrogens with one attached hydrogen (secondary N) is 2. The average Bonchev–Trinajstić information content (AvgIpc) is 3.17. The highest BCUT2D eigenvalue weighted by Crippen LogP contribution is 2.33. The molecular weight excluding hydrogens is 360 g/mol. The first-order chi connectivity index (χ1) is 13.6. The van der Waals surface area contributed by atoms with Crippen LogP contribution in [0, 0.1) is 5.92 Å². The second kappa shape index (κ2) is 10.1. The quantitative estimate of drug-likeness (QED) is 0.305. The van der Waals surface area contributed by atoms with Crippen molar-refractivity contribution in [2.24, 2.45) is 16.8 Å². The van der Waals surface area contributed by atoms with Gasteiger partial charge in [-0.1, -0.05) is 5.57 Å². The molecule has 1 aliphatic heterocycles. The molecule has 0 unspecified atom stereocenters. The summed E-state index contributed by atoms with van der Waals surface area (Å²) in [5.74, 6) is 6.91. The highest BCUT2D eigenvalue weighted by atomic mass is 16.6. The van der Waals surface area contributed by atoms with Crippen LogP contribution in [0.5, 0.6) is 0 Å². The Balaban J connectivity index is 1.51. The molecule has 1 aromatic heterocycles. The largest absolute Gasteiger partial charge is 0.446 e. The third-order valence-corrected chi connectivity index (χ3v) is 5.15. The number of nitrogens with two attached hydrogens (primary N) is 1. The predicted octanol–water partition coefficient (Wildman–Crippen LogP) is 1.99. The van der Waals surface area contributed by atoms with E-state index in [4.69, 9.17) is 15.3 Å². The lowest BCUT2D eigenvalue weighted by Gasteiger charge is -2.23. The fourth-order valence-electron chi connectivity index (χ4n) is 3.57. The van der Waals surface area contributed by atoms with Gasteiger partial charge in [-0.05, 0) is 63.2 Å². The number of hydrazine groups is 1. The van der Waals surface area contributed by atoms with E-state index in [0.29, 0.717) is 30.8 Å². The van der Waals surface area contributed by atoms with E-state index in [2.05, 4.69) is 25.9 Å². The molecule has 3 rings (SSSR count). The summed E-state index contributed by atoms with van der Waals surface area (Å²) in [7, 11) is 0. The second-order valence-electron chi connectivity index (χ2n) is 7.18. The van der Waals surface area contributed by atoms with Gasteiger partial charge < -0.3 is 20.2 Å². The highest BCUT2D eigenvalue weighted by molar-refractivity contribution is 5.94. The second-order valence-corrected chi connectivity index (χ2v) is 7.18. The zero-order valence-corrected chi connectivity index (χ0v) is 16.1. The lowest BCUT2D eigenvalue weighted by Crippen LogP contribution is -2.40.